The predicted molar refractivity (Wildman–Crippen MR) is 67.9 cm³/mol. The van der Waals surface area contributed by atoms with E-state index in [4.69, 9.17) is 0 Å². The first-order chi connectivity index (χ1) is 8.04. The summed E-state index contributed by atoms with van der Waals surface area (Å²) in [5.74, 6) is -0.416. The standard InChI is InChI=1S/C12H14BrNO3/c1-8(15)14-6-5-9-3-4-10(11(13)7-9)12(16)17-2/h3-4,7H,5-6H2,1-2H3,(H,14,15). The van der Waals surface area contributed by atoms with E-state index in [1.165, 1.54) is 14.0 Å². The van der Waals surface area contributed by atoms with Gasteiger partial charge >= 0.3 is 5.97 Å². The van der Waals surface area contributed by atoms with Crippen LogP contribution in [0, 0.1) is 0 Å². The molecular formula is C12H14BrNO3. The third-order valence-electron chi connectivity index (χ3n) is 2.23. The van der Waals surface area contributed by atoms with Crippen molar-refractivity contribution in [2.75, 3.05) is 13.7 Å². The summed E-state index contributed by atoms with van der Waals surface area (Å²) < 4.78 is 5.34. The van der Waals surface area contributed by atoms with E-state index in [1.54, 1.807) is 6.07 Å². The quantitative estimate of drug-likeness (QED) is 0.864. The van der Waals surface area contributed by atoms with Crippen molar-refractivity contribution in [2.45, 2.75) is 13.3 Å². The van der Waals surface area contributed by atoms with Gasteiger partial charge < -0.3 is 10.1 Å². The highest BCUT2D eigenvalue weighted by Gasteiger charge is 2.10. The van der Waals surface area contributed by atoms with Crippen LogP contribution >= 0.6 is 15.9 Å². The summed E-state index contributed by atoms with van der Waals surface area (Å²) in [7, 11) is 1.35. The van der Waals surface area contributed by atoms with E-state index in [2.05, 4.69) is 26.0 Å². The number of ether oxygens (including phenoxy) is 1. The minimum atomic E-state index is -0.370. The van der Waals surface area contributed by atoms with Gasteiger partial charge in [-0.3, -0.25) is 4.79 Å². The molecule has 5 heteroatoms. The lowest BCUT2D eigenvalue weighted by Crippen LogP contribution is -2.22. The van der Waals surface area contributed by atoms with Crippen molar-refractivity contribution in [2.24, 2.45) is 0 Å². The second-order valence-electron chi connectivity index (χ2n) is 3.54. The highest BCUT2D eigenvalue weighted by Crippen LogP contribution is 2.19. The lowest BCUT2D eigenvalue weighted by Gasteiger charge is -2.06. The maximum Gasteiger partial charge on any atom is 0.338 e. The first-order valence-electron chi connectivity index (χ1n) is 5.15. The molecule has 0 saturated heterocycles. The molecule has 1 amide bonds. The van der Waals surface area contributed by atoms with Crippen molar-refractivity contribution in [1.29, 1.82) is 0 Å². The average molecular weight is 300 g/mol. The van der Waals surface area contributed by atoms with Crippen LogP contribution in [0.3, 0.4) is 0 Å². The van der Waals surface area contributed by atoms with Crippen molar-refractivity contribution in [3.05, 3.63) is 33.8 Å². The van der Waals surface area contributed by atoms with Gasteiger partial charge in [-0.05, 0) is 40.0 Å². The highest BCUT2D eigenvalue weighted by molar-refractivity contribution is 9.10. The SMILES string of the molecule is COC(=O)c1ccc(CCNC(C)=O)cc1Br. The van der Waals surface area contributed by atoms with Crippen molar-refractivity contribution in [3.63, 3.8) is 0 Å². The normalized spacial score (nSPS) is 9.82. The Kier molecular flexibility index (Phi) is 5.15. The number of hydrogen-bond acceptors (Lipinski definition) is 3. The highest BCUT2D eigenvalue weighted by atomic mass is 79.9. The summed E-state index contributed by atoms with van der Waals surface area (Å²) in [5.41, 5.74) is 1.54. The molecule has 1 rings (SSSR count). The Morgan fingerprint density at radius 1 is 1.41 bits per heavy atom. The molecule has 0 aromatic heterocycles. The van der Waals surface area contributed by atoms with Gasteiger partial charge in [0, 0.05) is 17.9 Å². The number of amides is 1. The molecule has 1 N–H and O–H groups in total. The number of halogens is 1. The molecule has 4 nitrogen and oxygen atoms in total. The van der Waals surface area contributed by atoms with Crippen LogP contribution in [0.2, 0.25) is 0 Å². The van der Waals surface area contributed by atoms with Crippen LogP contribution in [0.15, 0.2) is 22.7 Å². The van der Waals surface area contributed by atoms with E-state index < -0.39 is 0 Å². The van der Waals surface area contributed by atoms with Gasteiger partial charge in [-0.2, -0.15) is 0 Å². The number of hydrogen-bond donors (Lipinski definition) is 1. The molecule has 92 valence electrons. The number of methoxy groups -OCH3 is 1. The number of carbonyl (C=O) groups excluding carboxylic acids is 2. The second kappa shape index (κ2) is 6.39. The van der Waals surface area contributed by atoms with E-state index in [-0.39, 0.29) is 11.9 Å². The van der Waals surface area contributed by atoms with E-state index in [9.17, 15) is 9.59 Å². The summed E-state index contributed by atoms with van der Waals surface area (Å²) in [6.07, 6.45) is 0.722. The summed E-state index contributed by atoms with van der Waals surface area (Å²) >= 11 is 3.32. The van der Waals surface area contributed by atoms with Gasteiger partial charge in [-0.1, -0.05) is 6.07 Å². The first-order valence-corrected chi connectivity index (χ1v) is 5.95. The zero-order valence-corrected chi connectivity index (χ0v) is 11.3. The zero-order valence-electron chi connectivity index (χ0n) is 9.75. The summed E-state index contributed by atoms with van der Waals surface area (Å²) in [4.78, 5) is 22.0. The van der Waals surface area contributed by atoms with Crippen molar-refractivity contribution < 1.29 is 14.3 Å². The number of benzene rings is 1. The Morgan fingerprint density at radius 2 is 2.12 bits per heavy atom. The van der Waals surface area contributed by atoms with Crippen LogP contribution in [0.25, 0.3) is 0 Å². The fraction of sp³-hybridized carbons (Fsp3) is 0.333. The lowest BCUT2D eigenvalue weighted by atomic mass is 10.1. The molecule has 0 atom stereocenters. The molecular weight excluding hydrogens is 286 g/mol. The molecule has 0 fully saturated rings. The van der Waals surface area contributed by atoms with Gasteiger partial charge in [-0.15, -0.1) is 0 Å². The van der Waals surface area contributed by atoms with Crippen molar-refractivity contribution in [1.82, 2.24) is 5.32 Å². The minimum absolute atomic E-state index is 0.0461. The largest absolute Gasteiger partial charge is 0.465 e. The van der Waals surface area contributed by atoms with Gasteiger partial charge in [0.15, 0.2) is 0 Å². The van der Waals surface area contributed by atoms with Crippen LogP contribution in [0.5, 0.6) is 0 Å². The Hall–Kier alpha value is -1.36. The van der Waals surface area contributed by atoms with Crippen LogP contribution in [-0.2, 0) is 16.0 Å². The Bertz CT molecular complexity index is 432. The number of nitrogens with one attached hydrogen (secondary N) is 1. The molecule has 1 aromatic carbocycles. The monoisotopic (exact) mass is 299 g/mol. The number of esters is 1. The average Bonchev–Trinajstić information content (AvgIpc) is 2.28. The van der Waals surface area contributed by atoms with E-state index in [0.29, 0.717) is 16.6 Å². The zero-order chi connectivity index (χ0) is 12.8. The van der Waals surface area contributed by atoms with Crippen molar-refractivity contribution in [3.8, 4) is 0 Å². The van der Waals surface area contributed by atoms with Crippen LogP contribution in [0.4, 0.5) is 0 Å². The molecule has 0 spiro atoms. The third kappa shape index (κ3) is 4.19. The molecule has 0 aliphatic rings. The molecule has 0 radical (unpaired) electrons. The summed E-state index contributed by atoms with van der Waals surface area (Å²) in [6, 6.07) is 5.41. The maximum atomic E-state index is 11.3. The van der Waals surface area contributed by atoms with E-state index >= 15 is 0 Å². The van der Waals surface area contributed by atoms with Gasteiger partial charge in [0.2, 0.25) is 5.91 Å². The lowest BCUT2D eigenvalue weighted by molar-refractivity contribution is -0.118. The summed E-state index contributed by atoms with van der Waals surface area (Å²) in [6.45, 7) is 2.07. The molecule has 0 aliphatic heterocycles. The molecule has 0 unspecified atom stereocenters. The molecule has 0 bridgehead atoms. The first kappa shape index (κ1) is 13.7. The number of rotatable bonds is 4. The Labute approximate surface area is 108 Å². The van der Waals surface area contributed by atoms with Crippen LogP contribution in [0.1, 0.15) is 22.8 Å². The van der Waals surface area contributed by atoms with Gasteiger partial charge in [0.25, 0.3) is 0 Å². The molecule has 1 aromatic rings. The van der Waals surface area contributed by atoms with Gasteiger partial charge in [0.1, 0.15) is 0 Å². The second-order valence-corrected chi connectivity index (χ2v) is 4.39. The van der Waals surface area contributed by atoms with Crippen LogP contribution < -0.4 is 5.32 Å². The van der Waals surface area contributed by atoms with E-state index in [0.717, 1.165) is 12.0 Å². The van der Waals surface area contributed by atoms with Gasteiger partial charge in [-0.25, -0.2) is 4.79 Å². The predicted octanol–water partition coefficient (Wildman–Crippen LogP) is 1.91. The molecule has 0 aliphatic carbocycles. The fourth-order valence-electron chi connectivity index (χ4n) is 1.37. The number of carbonyl (C=O) groups is 2. The Morgan fingerprint density at radius 3 is 2.65 bits per heavy atom. The van der Waals surface area contributed by atoms with Crippen molar-refractivity contribution >= 4 is 27.8 Å². The smallest absolute Gasteiger partial charge is 0.338 e. The minimum Gasteiger partial charge on any atom is -0.465 e. The van der Waals surface area contributed by atoms with E-state index in [1.807, 2.05) is 12.1 Å². The topological polar surface area (TPSA) is 55.4 Å². The Balaban J connectivity index is 2.68. The molecule has 0 saturated carbocycles. The maximum absolute atomic E-state index is 11.3. The summed E-state index contributed by atoms with van der Waals surface area (Å²) in [5, 5.41) is 2.72. The fourth-order valence-corrected chi connectivity index (χ4v) is 1.96. The molecule has 0 heterocycles. The molecule has 17 heavy (non-hydrogen) atoms. The van der Waals surface area contributed by atoms with Gasteiger partial charge in [0.05, 0.1) is 12.7 Å². The van der Waals surface area contributed by atoms with Crippen LogP contribution in [-0.4, -0.2) is 25.5 Å². The third-order valence-corrected chi connectivity index (χ3v) is 2.88.